The molecule has 0 aromatic carbocycles. The van der Waals surface area contributed by atoms with Crippen molar-refractivity contribution in [3.05, 3.63) is 0 Å². The maximum Gasteiger partial charge on any atom is 0.0700 e. The van der Waals surface area contributed by atoms with Crippen LogP contribution in [0.25, 0.3) is 0 Å². The van der Waals surface area contributed by atoms with Gasteiger partial charge in [0.2, 0.25) is 0 Å². The first-order chi connectivity index (χ1) is 6.34. The zero-order valence-corrected chi connectivity index (χ0v) is 8.71. The Bertz CT molecular complexity index is 130. The molecule has 1 N–H and O–H groups in total. The molecule has 0 aromatic rings. The molecule has 0 saturated carbocycles. The van der Waals surface area contributed by atoms with Gasteiger partial charge in [0.1, 0.15) is 0 Å². The molecule has 0 unspecified atom stereocenters. The fourth-order valence-electron chi connectivity index (χ4n) is 1.61. The number of hydrogen-bond donors (Lipinski definition) is 1. The van der Waals surface area contributed by atoms with Gasteiger partial charge in [-0.1, -0.05) is 0 Å². The van der Waals surface area contributed by atoms with E-state index in [-0.39, 0.29) is 0 Å². The van der Waals surface area contributed by atoms with Gasteiger partial charge in [0, 0.05) is 25.9 Å². The Morgan fingerprint density at radius 3 is 3.00 bits per heavy atom. The van der Waals surface area contributed by atoms with Gasteiger partial charge in [-0.15, -0.1) is 0 Å². The van der Waals surface area contributed by atoms with Gasteiger partial charge in [-0.25, -0.2) is 0 Å². The molecular weight excluding hydrogens is 166 g/mol. The second-order valence-electron chi connectivity index (χ2n) is 3.48. The van der Waals surface area contributed by atoms with Gasteiger partial charge in [0.15, 0.2) is 0 Å². The van der Waals surface area contributed by atoms with Gasteiger partial charge in [0.25, 0.3) is 0 Å². The Labute approximate surface area is 80.8 Å². The van der Waals surface area contributed by atoms with Crippen LogP contribution in [-0.2, 0) is 9.47 Å². The number of nitrogens with one attached hydrogen (secondary N) is 1. The van der Waals surface area contributed by atoms with Crippen LogP contribution in [0, 0.1) is 0 Å². The monoisotopic (exact) mass is 187 g/mol. The van der Waals surface area contributed by atoms with Crippen molar-refractivity contribution in [2.45, 2.75) is 38.8 Å². The maximum absolute atomic E-state index is 5.45. The van der Waals surface area contributed by atoms with Crippen LogP contribution in [0.4, 0.5) is 0 Å². The molecule has 13 heavy (non-hydrogen) atoms. The quantitative estimate of drug-likeness (QED) is 0.633. The van der Waals surface area contributed by atoms with Crippen LogP contribution in [0.1, 0.15) is 26.7 Å². The van der Waals surface area contributed by atoms with E-state index in [9.17, 15) is 0 Å². The topological polar surface area (TPSA) is 30.5 Å². The van der Waals surface area contributed by atoms with Gasteiger partial charge in [-0.3, -0.25) is 0 Å². The Morgan fingerprint density at radius 1 is 1.54 bits per heavy atom. The molecule has 78 valence electrons. The van der Waals surface area contributed by atoms with Gasteiger partial charge >= 0.3 is 0 Å². The normalized spacial score (nSPS) is 28.2. The summed E-state index contributed by atoms with van der Waals surface area (Å²) >= 11 is 0. The Kier molecular flexibility index (Phi) is 5.35. The number of rotatable bonds is 6. The second kappa shape index (κ2) is 6.35. The fraction of sp³-hybridized carbons (Fsp3) is 1.00. The molecule has 3 heteroatoms. The summed E-state index contributed by atoms with van der Waals surface area (Å²) in [6.07, 6.45) is 2.62. The summed E-state index contributed by atoms with van der Waals surface area (Å²) in [5, 5.41) is 3.49. The van der Waals surface area contributed by atoms with Gasteiger partial charge in [0.05, 0.1) is 6.10 Å². The molecular formula is C10H21NO2. The van der Waals surface area contributed by atoms with Crippen molar-refractivity contribution in [3.8, 4) is 0 Å². The molecule has 0 radical (unpaired) electrons. The Balaban J connectivity index is 1.93. The van der Waals surface area contributed by atoms with E-state index in [4.69, 9.17) is 9.47 Å². The van der Waals surface area contributed by atoms with Crippen LogP contribution in [0.3, 0.4) is 0 Å². The predicted molar refractivity (Wildman–Crippen MR) is 52.9 cm³/mol. The molecule has 0 aliphatic carbocycles. The minimum atomic E-state index is 0.382. The molecule has 0 spiro atoms. The smallest absolute Gasteiger partial charge is 0.0700 e. The summed E-state index contributed by atoms with van der Waals surface area (Å²) in [6.45, 7) is 7.80. The molecule has 1 fully saturated rings. The number of hydrogen-bond acceptors (Lipinski definition) is 3. The third-order valence-corrected chi connectivity index (χ3v) is 2.45. The average Bonchev–Trinajstić information content (AvgIpc) is 2.52. The van der Waals surface area contributed by atoms with Crippen LogP contribution in [0.2, 0.25) is 0 Å². The lowest BCUT2D eigenvalue weighted by Crippen LogP contribution is -2.35. The summed E-state index contributed by atoms with van der Waals surface area (Å²) in [7, 11) is 0. The highest BCUT2D eigenvalue weighted by molar-refractivity contribution is 4.78. The van der Waals surface area contributed by atoms with E-state index in [1.54, 1.807) is 0 Å². The Hall–Kier alpha value is -0.120. The average molecular weight is 187 g/mol. The fourth-order valence-corrected chi connectivity index (χ4v) is 1.61. The molecule has 0 amide bonds. The first-order valence-corrected chi connectivity index (χ1v) is 5.27. The van der Waals surface area contributed by atoms with Crippen molar-refractivity contribution in [2.24, 2.45) is 0 Å². The van der Waals surface area contributed by atoms with Crippen LogP contribution in [0.15, 0.2) is 0 Å². The van der Waals surface area contributed by atoms with Crippen molar-refractivity contribution in [3.63, 3.8) is 0 Å². The minimum Gasteiger partial charge on any atom is -0.382 e. The summed E-state index contributed by atoms with van der Waals surface area (Å²) in [6, 6.07) is 0.557. The van der Waals surface area contributed by atoms with E-state index < -0.39 is 0 Å². The molecule has 1 heterocycles. The first-order valence-electron chi connectivity index (χ1n) is 5.27. The minimum absolute atomic E-state index is 0.382. The predicted octanol–water partition coefficient (Wildman–Crippen LogP) is 1.18. The van der Waals surface area contributed by atoms with Gasteiger partial charge < -0.3 is 14.8 Å². The highest BCUT2D eigenvalue weighted by atomic mass is 16.5. The molecule has 1 aliphatic heterocycles. The van der Waals surface area contributed by atoms with Crippen molar-refractivity contribution in [2.75, 3.05) is 26.4 Å². The molecule has 0 bridgehead atoms. The SMILES string of the molecule is CCOCCCN[C@@H]1CCO[C@H]1C. The van der Waals surface area contributed by atoms with Gasteiger partial charge in [-0.05, 0) is 33.2 Å². The molecule has 2 atom stereocenters. The highest BCUT2D eigenvalue weighted by Crippen LogP contribution is 2.11. The van der Waals surface area contributed by atoms with Crippen molar-refractivity contribution in [1.82, 2.24) is 5.32 Å². The summed E-state index contributed by atoms with van der Waals surface area (Å²) in [5.41, 5.74) is 0. The largest absolute Gasteiger partial charge is 0.382 e. The molecule has 1 saturated heterocycles. The molecule has 1 rings (SSSR count). The van der Waals surface area contributed by atoms with Crippen molar-refractivity contribution in [1.29, 1.82) is 0 Å². The standard InChI is InChI=1S/C10H21NO2/c1-3-12-7-4-6-11-10-5-8-13-9(10)2/h9-11H,3-8H2,1-2H3/t9-,10+/m0/s1. The lowest BCUT2D eigenvalue weighted by Gasteiger charge is -2.15. The lowest BCUT2D eigenvalue weighted by atomic mass is 10.1. The molecule has 3 nitrogen and oxygen atoms in total. The summed E-state index contributed by atoms with van der Waals surface area (Å²) in [4.78, 5) is 0. The molecule has 0 aromatic heterocycles. The van der Waals surface area contributed by atoms with E-state index in [2.05, 4.69) is 12.2 Å². The lowest BCUT2D eigenvalue weighted by molar-refractivity contribution is 0.111. The van der Waals surface area contributed by atoms with Crippen LogP contribution in [0.5, 0.6) is 0 Å². The van der Waals surface area contributed by atoms with E-state index in [0.717, 1.165) is 39.2 Å². The Morgan fingerprint density at radius 2 is 2.38 bits per heavy atom. The zero-order chi connectivity index (χ0) is 9.52. The second-order valence-corrected chi connectivity index (χ2v) is 3.48. The van der Waals surface area contributed by atoms with E-state index in [1.807, 2.05) is 6.92 Å². The van der Waals surface area contributed by atoms with Crippen LogP contribution >= 0.6 is 0 Å². The van der Waals surface area contributed by atoms with E-state index in [1.165, 1.54) is 0 Å². The summed E-state index contributed by atoms with van der Waals surface area (Å²) in [5.74, 6) is 0. The third kappa shape index (κ3) is 4.07. The van der Waals surface area contributed by atoms with E-state index in [0.29, 0.717) is 12.1 Å². The molecule has 1 aliphatic rings. The van der Waals surface area contributed by atoms with Gasteiger partial charge in [-0.2, -0.15) is 0 Å². The van der Waals surface area contributed by atoms with Crippen molar-refractivity contribution < 1.29 is 9.47 Å². The zero-order valence-electron chi connectivity index (χ0n) is 8.71. The third-order valence-electron chi connectivity index (χ3n) is 2.45. The summed E-state index contributed by atoms with van der Waals surface area (Å²) < 4.78 is 10.7. The van der Waals surface area contributed by atoms with Crippen LogP contribution in [-0.4, -0.2) is 38.5 Å². The van der Waals surface area contributed by atoms with E-state index >= 15 is 0 Å². The number of ether oxygens (including phenoxy) is 2. The maximum atomic E-state index is 5.45. The first kappa shape index (κ1) is 11.0. The van der Waals surface area contributed by atoms with Crippen LogP contribution < -0.4 is 5.32 Å². The highest BCUT2D eigenvalue weighted by Gasteiger charge is 2.22. The van der Waals surface area contributed by atoms with Crippen molar-refractivity contribution >= 4 is 0 Å².